The lowest BCUT2D eigenvalue weighted by molar-refractivity contribution is 0.157. The largest absolute Gasteiger partial charge is 0.465 e. The van der Waals surface area contributed by atoms with E-state index in [0.717, 1.165) is 0 Å². The van der Waals surface area contributed by atoms with Crippen LogP contribution in [0, 0.1) is 0 Å². The van der Waals surface area contributed by atoms with E-state index in [9.17, 15) is 4.79 Å². The van der Waals surface area contributed by atoms with E-state index in [0.29, 0.717) is 13.1 Å². The fourth-order valence-corrected chi connectivity index (χ4v) is 0.547. The Morgan fingerprint density at radius 3 is 2.78 bits per heavy atom. The summed E-state index contributed by atoms with van der Waals surface area (Å²) in [6, 6.07) is 0. The van der Waals surface area contributed by atoms with Gasteiger partial charge in [0.1, 0.15) is 0 Å². The van der Waals surface area contributed by atoms with Crippen molar-refractivity contribution in [3.05, 3.63) is 0 Å². The Balaban J connectivity index is 3.27. The number of nitrogens with zero attached hydrogens (tertiary/aromatic N) is 1. The first-order chi connectivity index (χ1) is 4.18. The summed E-state index contributed by atoms with van der Waals surface area (Å²) in [5.41, 5.74) is 0. The van der Waals surface area contributed by atoms with Crippen molar-refractivity contribution < 1.29 is 9.90 Å². The van der Waals surface area contributed by atoms with E-state index in [1.54, 1.807) is 0 Å². The fourth-order valence-electron chi connectivity index (χ4n) is 0.306. The molecular formula is C4H9IN2O2. The van der Waals surface area contributed by atoms with Crippen molar-refractivity contribution in [2.75, 3.05) is 20.1 Å². The lowest BCUT2D eigenvalue weighted by Gasteiger charge is -2.10. The van der Waals surface area contributed by atoms with E-state index < -0.39 is 6.09 Å². The summed E-state index contributed by atoms with van der Waals surface area (Å²) in [5.74, 6) is 0. The van der Waals surface area contributed by atoms with Gasteiger partial charge in [-0.15, -0.1) is 0 Å². The second kappa shape index (κ2) is 4.80. The molecule has 0 aliphatic rings. The lowest BCUT2D eigenvalue weighted by atomic mass is 10.6. The predicted molar refractivity (Wildman–Crippen MR) is 42.7 cm³/mol. The molecule has 0 aromatic rings. The van der Waals surface area contributed by atoms with Crippen molar-refractivity contribution in [3.8, 4) is 0 Å². The number of hydrogen-bond acceptors (Lipinski definition) is 2. The molecule has 0 aliphatic heterocycles. The van der Waals surface area contributed by atoms with Crippen LogP contribution < -0.4 is 3.53 Å². The van der Waals surface area contributed by atoms with Crippen LogP contribution in [0.4, 0.5) is 4.79 Å². The molecule has 4 nitrogen and oxygen atoms in total. The van der Waals surface area contributed by atoms with Gasteiger partial charge in [-0.1, -0.05) is 0 Å². The molecule has 0 fully saturated rings. The monoisotopic (exact) mass is 244 g/mol. The second-order valence-corrected chi connectivity index (χ2v) is 2.35. The van der Waals surface area contributed by atoms with E-state index in [1.165, 1.54) is 11.9 Å². The normalized spacial score (nSPS) is 9.11. The van der Waals surface area contributed by atoms with Gasteiger partial charge in [0.15, 0.2) is 0 Å². The van der Waals surface area contributed by atoms with E-state index in [1.807, 2.05) is 22.9 Å². The molecular weight excluding hydrogens is 235 g/mol. The minimum atomic E-state index is -0.887. The number of rotatable bonds is 3. The first-order valence-electron chi connectivity index (χ1n) is 2.46. The number of carboxylic acid groups (broad SMARTS) is 1. The quantitative estimate of drug-likeness (QED) is 0.562. The molecule has 0 aliphatic carbocycles. The average molecular weight is 244 g/mol. The highest BCUT2D eigenvalue weighted by atomic mass is 127. The molecule has 2 N–H and O–H groups in total. The van der Waals surface area contributed by atoms with Crippen molar-refractivity contribution in [1.29, 1.82) is 0 Å². The van der Waals surface area contributed by atoms with Gasteiger partial charge in [-0.2, -0.15) is 0 Å². The summed E-state index contributed by atoms with van der Waals surface area (Å²) in [7, 11) is 1.54. The van der Waals surface area contributed by atoms with Gasteiger partial charge < -0.3 is 10.0 Å². The van der Waals surface area contributed by atoms with Crippen LogP contribution in [-0.4, -0.2) is 36.2 Å². The summed E-state index contributed by atoms with van der Waals surface area (Å²) >= 11 is 1.97. The summed E-state index contributed by atoms with van der Waals surface area (Å²) in [6.45, 7) is 1.21. The molecule has 0 aromatic heterocycles. The first kappa shape index (κ1) is 8.96. The molecule has 0 atom stereocenters. The molecule has 0 spiro atoms. The first-order valence-corrected chi connectivity index (χ1v) is 3.54. The third kappa shape index (κ3) is 4.46. The van der Waals surface area contributed by atoms with Gasteiger partial charge in [0.25, 0.3) is 0 Å². The van der Waals surface area contributed by atoms with Crippen molar-refractivity contribution in [2.24, 2.45) is 0 Å². The third-order valence-corrected chi connectivity index (χ3v) is 1.41. The molecule has 0 unspecified atom stereocenters. The fraction of sp³-hybridized carbons (Fsp3) is 0.750. The molecule has 1 amide bonds. The topological polar surface area (TPSA) is 52.6 Å². The summed E-state index contributed by atoms with van der Waals surface area (Å²) in [5, 5.41) is 8.30. The van der Waals surface area contributed by atoms with E-state index in [4.69, 9.17) is 5.11 Å². The summed E-state index contributed by atoms with van der Waals surface area (Å²) in [6.07, 6.45) is -0.887. The smallest absolute Gasteiger partial charge is 0.407 e. The Morgan fingerprint density at radius 2 is 2.44 bits per heavy atom. The van der Waals surface area contributed by atoms with Crippen LogP contribution in [0.25, 0.3) is 0 Å². The molecule has 0 rings (SSSR count). The molecule has 54 valence electrons. The number of amides is 1. The lowest BCUT2D eigenvalue weighted by Crippen LogP contribution is -2.30. The van der Waals surface area contributed by atoms with Crippen LogP contribution in [0.3, 0.4) is 0 Å². The minimum Gasteiger partial charge on any atom is -0.465 e. The zero-order chi connectivity index (χ0) is 7.28. The Kier molecular flexibility index (Phi) is 4.78. The van der Waals surface area contributed by atoms with Gasteiger partial charge in [-0.25, -0.2) is 4.79 Å². The van der Waals surface area contributed by atoms with Gasteiger partial charge in [0, 0.05) is 43.0 Å². The van der Waals surface area contributed by atoms with Gasteiger partial charge in [0.05, 0.1) is 0 Å². The number of carbonyl (C=O) groups is 1. The molecule has 0 bridgehead atoms. The highest BCUT2D eigenvalue weighted by Gasteiger charge is 2.01. The van der Waals surface area contributed by atoms with Crippen molar-refractivity contribution in [2.45, 2.75) is 0 Å². The molecule has 0 aromatic carbocycles. The summed E-state index contributed by atoms with van der Waals surface area (Å²) < 4.78 is 2.82. The maximum Gasteiger partial charge on any atom is 0.407 e. The standard InChI is InChI=1S/C4H9IN2O2/c1-7(4(8)9)3-2-6-5/h6H,2-3H2,1H3,(H,8,9). The average Bonchev–Trinajstić information content (AvgIpc) is 1.82. The summed E-state index contributed by atoms with van der Waals surface area (Å²) in [4.78, 5) is 11.3. The van der Waals surface area contributed by atoms with Crippen LogP contribution in [0.15, 0.2) is 0 Å². The van der Waals surface area contributed by atoms with Crippen LogP contribution in [0.1, 0.15) is 0 Å². The highest BCUT2D eigenvalue weighted by Crippen LogP contribution is 1.81. The second-order valence-electron chi connectivity index (χ2n) is 1.59. The number of hydrogen-bond donors (Lipinski definition) is 2. The Labute approximate surface area is 67.7 Å². The Hall–Kier alpha value is -0.0400. The number of halogens is 1. The van der Waals surface area contributed by atoms with Gasteiger partial charge in [0.2, 0.25) is 0 Å². The molecule has 0 heterocycles. The SMILES string of the molecule is CN(CCNI)C(=O)O. The molecule has 0 radical (unpaired) electrons. The number of nitrogens with one attached hydrogen (secondary N) is 1. The van der Waals surface area contributed by atoms with E-state index in [-0.39, 0.29) is 0 Å². The third-order valence-electron chi connectivity index (χ3n) is 0.868. The van der Waals surface area contributed by atoms with Gasteiger partial charge in [-0.05, 0) is 0 Å². The predicted octanol–water partition coefficient (Wildman–Crippen LogP) is 0.536. The van der Waals surface area contributed by atoms with Gasteiger partial charge in [-0.3, -0.25) is 3.53 Å². The van der Waals surface area contributed by atoms with Crippen molar-refractivity contribution >= 4 is 29.0 Å². The van der Waals surface area contributed by atoms with Gasteiger partial charge >= 0.3 is 6.09 Å². The minimum absolute atomic E-state index is 0.526. The highest BCUT2D eigenvalue weighted by molar-refractivity contribution is 14.1. The van der Waals surface area contributed by atoms with Crippen LogP contribution >= 0.6 is 22.9 Å². The van der Waals surface area contributed by atoms with Crippen LogP contribution in [0.2, 0.25) is 0 Å². The number of likely N-dealkylation sites (N-methyl/N-ethyl adjacent to an activating group) is 1. The Bertz CT molecular complexity index is 98.6. The molecule has 5 heteroatoms. The maximum atomic E-state index is 10.1. The van der Waals surface area contributed by atoms with Crippen LogP contribution in [0.5, 0.6) is 0 Å². The van der Waals surface area contributed by atoms with Crippen molar-refractivity contribution in [3.63, 3.8) is 0 Å². The maximum absolute atomic E-state index is 10.1. The Morgan fingerprint density at radius 1 is 1.89 bits per heavy atom. The van der Waals surface area contributed by atoms with E-state index in [2.05, 4.69) is 3.53 Å². The zero-order valence-corrected chi connectivity index (χ0v) is 7.25. The molecule has 9 heavy (non-hydrogen) atoms. The van der Waals surface area contributed by atoms with E-state index >= 15 is 0 Å². The molecule has 0 saturated carbocycles. The van der Waals surface area contributed by atoms with Crippen molar-refractivity contribution in [1.82, 2.24) is 8.43 Å². The zero-order valence-electron chi connectivity index (χ0n) is 5.09. The van der Waals surface area contributed by atoms with Crippen LogP contribution in [-0.2, 0) is 0 Å². The molecule has 0 saturated heterocycles.